The minimum absolute atomic E-state index is 0.0378. The molecule has 0 bridgehead atoms. The van der Waals surface area contributed by atoms with Gasteiger partial charge in [0.2, 0.25) is 0 Å². The minimum Gasteiger partial charge on any atom is -0.395 e. The maximum atomic E-state index is 11.9. The summed E-state index contributed by atoms with van der Waals surface area (Å²) in [5.74, 6) is 5.42. The van der Waals surface area contributed by atoms with Gasteiger partial charge in [0.1, 0.15) is 5.69 Å². The number of benzene rings is 1. The van der Waals surface area contributed by atoms with Gasteiger partial charge in [-0.2, -0.15) is 0 Å². The lowest BCUT2D eigenvalue weighted by Crippen LogP contribution is -2.13. The van der Waals surface area contributed by atoms with Gasteiger partial charge in [0.15, 0.2) is 0 Å². The molecule has 2 rings (SSSR count). The van der Waals surface area contributed by atoms with E-state index < -0.39 is 0 Å². The molecule has 1 heterocycles. The fourth-order valence-electron chi connectivity index (χ4n) is 1.51. The van der Waals surface area contributed by atoms with Crippen LogP contribution in [0, 0.1) is 11.8 Å². The number of rotatable bonds is 3. The number of carbonyl (C=O) groups is 1. The van der Waals surface area contributed by atoms with E-state index >= 15 is 0 Å². The van der Waals surface area contributed by atoms with Gasteiger partial charge >= 0.3 is 0 Å². The Morgan fingerprint density at radius 1 is 1.35 bits per heavy atom. The normalized spacial score (nSPS) is 9.45. The lowest BCUT2D eigenvalue weighted by atomic mass is 10.2. The highest BCUT2D eigenvalue weighted by molar-refractivity contribution is 6.02. The highest BCUT2D eigenvalue weighted by Gasteiger charge is 2.07. The van der Waals surface area contributed by atoms with E-state index in [1.807, 2.05) is 6.07 Å². The average Bonchev–Trinajstić information content (AvgIpc) is 2.49. The van der Waals surface area contributed by atoms with Crippen LogP contribution in [0.2, 0.25) is 0 Å². The fraction of sp³-hybridized carbons (Fsp3) is 0.133. The second-order valence-corrected chi connectivity index (χ2v) is 3.90. The molecule has 0 spiro atoms. The summed E-state index contributed by atoms with van der Waals surface area (Å²) in [6.45, 7) is 0.0378. The Hall–Kier alpha value is -2.71. The Bertz CT molecular complexity index is 645. The summed E-state index contributed by atoms with van der Waals surface area (Å²) >= 11 is 0. The Morgan fingerprint density at radius 2 is 2.25 bits per heavy atom. The van der Waals surface area contributed by atoms with E-state index in [-0.39, 0.29) is 18.2 Å². The minimum atomic E-state index is -0.321. The molecule has 2 N–H and O–H groups in total. The van der Waals surface area contributed by atoms with Crippen molar-refractivity contribution < 1.29 is 9.90 Å². The van der Waals surface area contributed by atoms with Gasteiger partial charge in [-0.15, -0.1) is 0 Å². The molecule has 1 aromatic carbocycles. The van der Waals surface area contributed by atoms with Crippen LogP contribution in [0.15, 0.2) is 42.9 Å². The summed E-state index contributed by atoms with van der Waals surface area (Å²) in [6.07, 6.45) is 4.80. The molecule has 0 fully saturated rings. The quantitative estimate of drug-likeness (QED) is 0.826. The molecule has 0 atom stereocenters. The highest BCUT2D eigenvalue weighted by atomic mass is 16.2. The van der Waals surface area contributed by atoms with Crippen LogP contribution in [0.25, 0.3) is 0 Å². The SMILES string of the molecule is O=C(Nc1cccc(C#CCCO)c1)c1cnccn1. The van der Waals surface area contributed by atoms with Crippen LogP contribution in [0.1, 0.15) is 22.5 Å². The molecule has 5 nitrogen and oxygen atoms in total. The molecular formula is C15H13N3O2. The van der Waals surface area contributed by atoms with Gasteiger partial charge < -0.3 is 10.4 Å². The number of hydrogen-bond acceptors (Lipinski definition) is 4. The number of hydrogen-bond donors (Lipinski definition) is 2. The molecule has 0 unspecified atom stereocenters. The third kappa shape index (κ3) is 3.90. The van der Waals surface area contributed by atoms with Crippen LogP contribution in [0.5, 0.6) is 0 Å². The molecule has 0 aliphatic carbocycles. The van der Waals surface area contributed by atoms with Crippen LogP contribution in [0.3, 0.4) is 0 Å². The molecular weight excluding hydrogens is 254 g/mol. The molecule has 100 valence electrons. The predicted octanol–water partition coefficient (Wildman–Crippen LogP) is 1.46. The molecule has 20 heavy (non-hydrogen) atoms. The Morgan fingerprint density at radius 3 is 3.00 bits per heavy atom. The zero-order valence-corrected chi connectivity index (χ0v) is 10.7. The van der Waals surface area contributed by atoms with Crippen molar-refractivity contribution in [3.63, 3.8) is 0 Å². The van der Waals surface area contributed by atoms with E-state index in [9.17, 15) is 4.79 Å². The van der Waals surface area contributed by atoms with E-state index in [4.69, 9.17) is 5.11 Å². The molecule has 5 heteroatoms. The fourth-order valence-corrected chi connectivity index (χ4v) is 1.51. The topological polar surface area (TPSA) is 75.1 Å². The Balaban J connectivity index is 2.09. The van der Waals surface area contributed by atoms with Crippen molar-refractivity contribution in [2.24, 2.45) is 0 Å². The van der Waals surface area contributed by atoms with E-state index in [1.54, 1.807) is 18.2 Å². The van der Waals surface area contributed by atoms with Gasteiger partial charge in [0.25, 0.3) is 5.91 Å². The largest absolute Gasteiger partial charge is 0.395 e. The standard InChI is InChI=1S/C15H13N3O2/c19-9-2-1-4-12-5-3-6-13(10-12)18-15(20)14-11-16-7-8-17-14/h3,5-8,10-11,19H,2,9H2,(H,18,20). The van der Waals surface area contributed by atoms with E-state index in [0.717, 1.165) is 5.56 Å². The third-order valence-corrected chi connectivity index (χ3v) is 2.39. The zero-order valence-electron chi connectivity index (χ0n) is 10.7. The average molecular weight is 267 g/mol. The summed E-state index contributed by atoms with van der Waals surface area (Å²) in [6, 6.07) is 7.17. The van der Waals surface area contributed by atoms with E-state index in [0.29, 0.717) is 12.1 Å². The monoisotopic (exact) mass is 267 g/mol. The predicted molar refractivity (Wildman–Crippen MR) is 75.0 cm³/mol. The van der Waals surface area contributed by atoms with Crippen molar-refractivity contribution in [1.29, 1.82) is 0 Å². The number of nitrogens with zero attached hydrogens (tertiary/aromatic N) is 2. The molecule has 0 saturated heterocycles. The molecule has 2 aromatic rings. The Kier molecular flexibility index (Phi) is 4.81. The van der Waals surface area contributed by atoms with Gasteiger partial charge in [-0.1, -0.05) is 17.9 Å². The second-order valence-electron chi connectivity index (χ2n) is 3.90. The maximum Gasteiger partial charge on any atom is 0.275 e. The first-order chi connectivity index (χ1) is 9.79. The number of carbonyl (C=O) groups excluding carboxylic acids is 1. The van der Waals surface area contributed by atoms with Crippen molar-refractivity contribution in [2.45, 2.75) is 6.42 Å². The summed E-state index contributed by atoms with van der Waals surface area (Å²) in [7, 11) is 0. The number of amides is 1. The number of aliphatic hydroxyl groups excluding tert-OH is 1. The van der Waals surface area contributed by atoms with Gasteiger partial charge in [0.05, 0.1) is 12.8 Å². The van der Waals surface area contributed by atoms with Gasteiger partial charge in [-0.3, -0.25) is 9.78 Å². The maximum absolute atomic E-state index is 11.9. The molecule has 0 saturated carbocycles. The summed E-state index contributed by atoms with van der Waals surface area (Å²) in [5.41, 5.74) is 1.66. The van der Waals surface area contributed by atoms with Crippen LogP contribution in [-0.2, 0) is 0 Å². The number of aromatic nitrogens is 2. The van der Waals surface area contributed by atoms with Crippen LogP contribution in [0.4, 0.5) is 5.69 Å². The van der Waals surface area contributed by atoms with Crippen LogP contribution in [-0.4, -0.2) is 27.6 Å². The number of anilines is 1. The Labute approximate surface area is 116 Å². The molecule has 0 aliphatic rings. The van der Waals surface area contributed by atoms with Crippen molar-refractivity contribution in [3.8, 4) is 11.8 Å². The van der Waals surface area contributed by atoms with Crippen molar-refractivity contribution in [1.82, 2.24) is 9.97 Å². The van der Waals surface area contributed by atoms with Crippen molar-refractivity contribution in [3.05, 3.63) is 54.1 Å². The van der Waals surface area contributed by atoms with Crippen molar-refractivity contribution in [2.75, 3.05) is 11.9 Å². The first-order valence-electron chi connectivity index (χ1n) is 6.07. The molecule has 0 aliphatic heterocycles. The van der Waals surface area contributed by atoms with Crippen molar-refractivity contribution >= 4 is 11.6 Å². The molecule has 0 radical (unpaired) electrons. The lowest BCUT2D eigenvalue weighted by molar-refractivity contribution is 0.102. The van der Waals surface area contributed by atoms with Crippen LogP contribution < -0.4 is 5.32 Å². The van der Waals surface area contributed by atoms with Gasteiger partial charge in [-0.25, -0.2) is 4.98 Å². The van der Waals surface area contributed by atoms with E-state index in [2.05, 4.69) is 27.1 Å². The summed E-state index contributed by atoms with van der Waals surface area (Å²) in [4.78, 5) is 19.7. The zero-order chi connectivity index (χ0) is 14.2. The molecule has 1 aromatic heterocycles. The number of nitrogens with one attached hydrogen (secondary N) is 1. The first-order valence-corrected chi connectivity index (χ1v) is 6.07. The van der Waals surface area contributed by atoms with Gasteiger partial charge in [-0.05, 0) is 18.2 Å². The summed E-state index contributed by atoms with van der Waals surface area (Å²) in [5, 5.41) is 11.4. The summed E-state index contributed by atoms with van der Waals surface area (Å²) < 4.78 is 0. The third-order valence-electron chi connectivity index (χ3n) is 2.39. The molecule has 1 amide bonds. The highest BCUT2D eigenvalue weighted by Crippen LogP contribution is 2.10. The second kappa shape index (κ2) is 7.02. The van der Waals surface area contributed by atoms with Crippen LogP contribution >= 0.6 is 0 Å². The number of aliphatic hydroxyl groups is 1. The van der Waals surface area contributed by atoms with Gasteiger partial charge in [0, 0.05) is 30.1 Å². The smallest absolute Gasteiger partial charge is 0.275 e. The lowest BCUT2D eigenvalue weighted by Gasteiger charge is -2.04. The van der Waals surface area contributed by atoms with E-state index in [1.165, 1.54) is 18.6 Å². The first kappa shape index (κ1) is 13.7.